The highest BCUT2D eigenvalue weighted by molar-refractivity contribution is 5.99. The number of carbonyl (C=O) groups is 1. The lowest BCUT2D eigenvalue weighted by atomic mass is 10.1. The van der Waals surface area contributed by atoms with Gasteiger partial charge in [0.05, 0.1) is 0 Å². The molecule has 4 heteroatoms. The molecular formula is C14H17NO3. The number of hydrogen-bond acceptors (Lipinski definition) is 3. The quantitative estimate of drug-likeness (QED) is 0.872. The zero-order chi connectivity index (χ0) is 13.1. The molecular weight excluding hydrogens is 230 g/mol. The number of rotatable bonds is 5. The highest BCUT2D eigenvalue weighted by Crippen LogP contribution is 2.27. The fraction of sp³-hybridized carbons (Fsp3) is 0.429. The lowest BCUT2D eigenvalue weighted by Crippen LogP contribution is -1.95. The summed E-state index contributed by atoms with van der Waals surface area (Å²) in [7, 11) is 0. The molecule has 0 saturated heterocycles. The Kier molecular flexibility index (Phi) is 3.65. The Hall–Kier alpha value is -1.84. The van der Waals surface area contributed by atoms with Crippen molar-refractivity contribution >= 4 is 17.1 Å². The Bertz CT molecular complexity index is 559. The van der Waals surface area contributed by atoms with Gasteiger partial charge < -0.3 is 9.52 Å². The first kappa shape index (κ1) is 12.6. The van der Waals surface area contributed by atoms with Gasteiger partial charge in [0, 0.05) is 5.92 Å². The number of carboxylic acid groups (broad SMARTS) is 1. The molecule has 0 spiro atoms. The molecule has 0 aliphatic carbocycles. The molecule has 0 aliphatic heterocycles. The first-order valence-electron chi connectivity index (χ1n) is 6.26. The maximum absolute atomic E-state index is 11.1. The molecule has 0 fully saturated rings. The second-order valence-corrected chi connectivity index (χ2v) is 4.55. The summed E-state index contributed by atoms with van der Waals surface area (Å²) in [6.45, 7) is 4.20. The topological polar surface area (TPSA) is 63.3 Å². The van der Waals surface area contributed by atoms with E-state index in [1.807, 2.05) is 0 Å². The average Bonchev–Trinajstić information content (AvgIpc) is 2.79. The number of unbranched alkanes of at least 4 members (excludes halogenated alkanes) is 1. The molecule has 1 aromatic carbocycles. The van der Waals surface area contributed by atoms with Crippen LogP contribution in [0, 0.1) is 0 Å². The third kappa shape index (κ3) is 2.37. The fourth-order valence-electron chi connectivity index (χ4n) is 1.98. The summed E-state index contributed by atoms with van der Waals surface area (Å²) in [5.41, 5.74) is 1.17. The van der Waals surface area contributed by atoms with Gasteiger partial charge in [0.2, 0.25) is 0 Å². The van der Waals surface area contributed by atoms with Gasteiger partial charge in [-0.15, -0.1) is 0 Å². The van der Waals surface area contributed by atoms with E-state index in [-0.39, 0.29) is 11.5 Å². The number of aromatic nitrogens is 1. The lowest BCUT2D eigenvalue weighted by Gasteiger charge is -2.04. The molecule has 1 unspecified atom stereocenters. The molecule has 1 N–H and O–H groups in total. The zero-order valence-electron chi connectivity index (χ0n) is 10.6. The molecule has 4 nitrogen and oxygen atoms in total. The van der Waals surface area contributed by atoms with Crippen LogP contribution in [0.4, 0.5) is 0 Å². The number of benzene rings is 1. The van der Waals surface area contributed by atoms with Gasteiger partial charge in [-0.1, -0.05) is 32.8 Å². The van der Waals surface area contributed by atoms with E-state index >= 15 is 0 Å². The Labute approximate surface area is 106 Å². The van der Waals surface area contributed by atoms with Crippen molar-refractivity contribution in [2.75, 3.05) is 0 Å². The Morgan fingerprint density at radius 2 is 2.28 bits per heavy atom. The van der Waals surface area contributed by atoms with Gasteiger partial charge in [0.15, 0.2) is 11.5 Å². The monoisotopic (exact) mass is 247 g/mol. The molecule has 1 heterocycles. The van der Waals surface area contributed by atoms with Crippen LogP contribution in [0.15, 0.2) is 22.6 Å². The SMILES string of the molecule is CCCCC(C)c1nc2cccc(C(=O)O)c2o1. The number of oxazole rings is 1. The average molecular weight is 247 g/mol. The molecule has 0 amide bonds. The molecule has 18 heavy (non-hydrogen) atoms. The zero-order valence-corrected chi connectivity index (χ0v) is 10.6. The minimum Gasteiger partial charge on any atom is -0.478 e. The van der Waals surface area contributed by atoms with Crippen LogP contribution in [-0.2, 0) is 0 Å². The first-order valence-corrected chi connectivity index (χ1v) is 6.26. The van der Waals surface area contributed by atoms with Crippen LogP contribution < -0.4 is 0 Å². The molecule has 2 aromatic rings. The van der Waals surface area contributed by atoms with Crippen molar-refractivity contribution in [2.45, 2.75) is 39.0 Å². The van der Waals surface area contributed by atoms with Crippen LogP contribution in [0.1, 0.15) is 55.3 Å². The van der Waals surface area contributed by atoms with Crippen LogP contribution in [-0.4, -0.2) is 16.1 Å². The van der Waals surface area contributed by atoms with Gasteiger partial charge in [-0.3, -0.25) is 0 Å². The largest absolute Gasteiger partial charge is 0.478 e. The van der Waals surface area contributed by atoms with E-state index in [4.69, 9.17) is 9.52 Å². The van der Waals surface area contributed by atoms with Crippen LogP contribution in [0.25, 0.3) is 11.1 Å². The van der Waals surface area contributed by atoms with E-state index in [1.165, 1.54) is 6.07 Å². The van der Waals surface area contributed by atoms with E-state index < -0.39 is 5.97 Å². The number of nitrogens with zero attached hydrogens (tertiary/aromatic N) is 1. The second kappa shape index (κ2) is 5.21. The van der Waals surface area contributed by atoms with Crippen molar-refractivity contribution in [1.82, 2.24) is 4.98 Å². The maximum atomic E-state index is 11.1. The summed E-state index contributed by atoms with van der Waals surface area (Å²) in [4.78, 5) is 15.5. The summed E-state index contributed by atoms with van der Waals surface area (Å²) in [6.07, 6.45) is 3.25. The molecule has 96 valence electrons. The number of aromatic carboxylic acids is 1. The van der Waals surface area contributed by atoms with E-state index in [2.05, 4.69) is 18.8 Å². The molecule has 0 bridgehead atoms. The predicted molar refractivity (Wildman–Crippen MR) is 68.9 cm³/mol. The third-order valence-electron chi connectivity index (χ3n) is 3.07. The Balaban J connectivity index is 2.38. The summed E-state index contributed by atoms with van der Waals surface area (Å²) in [5.74, 6) is -0.129. The van der Waals surface area contributed by atoms with Crippen LogP contribution in [0.2, 0.25) is 0 Å². The summed E-state index contributed by atoms with van der Waals surface area (Å²) < 4.78 is 5.63. The standard InChI is InChI=1S/C14H17NO3/c1-3-4-6-9(2)13-15-11-8-5-7-10(14(16)17)12(11)18-13/h5,7-9H,3-4,6H2,1-2H3,(H,16,17). The molecule has 0 radical (unpaired) electrons. The highest BCUT2D eigenvalue weighted by Gasteiger charge is 2.17. The highest BCUT2D eigenvalue weighted by atomic mass is 16.4. The van der Waals surface area contributed by atoms with Crippen molar-refractivity contribution in [3.63, 3.8) is 0 Å². The van der Waals surface area contributed by atoms with Gasteiger partial charge in [0.1, 0.15) is 11.1 Å². The van der Waals surface area contributed by atoms with E-state index in [9.17, 15) is 4.79 Å². The van der Waals surface area contributed by atoms with Gasteiger partial charge in [0.25, 0.3) is 0 Å². The predicted octanol–water partition coefficient (Wildman–Crippen LogP) is 3.82. The maximum Gasteiger partial charge on any atom is 0.339 e. The minimum atomic E-state index is -0.982. The molecule has 1 atom stereocenters. The smallest absolute Gasteiger partial charge is 0.339 e. The first-order chi connectivity index (χ1) is 8.63. The van der Waals surface area contributed by atoms with Crippen molar-refractivity contribution in [1.29, 1.82) is 0 Å². The second-order valence-electron chi connectivity index (χ2n) is 4.55. The van der Waals surface area contributed by atoms with Gasteiger partial charge in [-0.2, -0.15) is 0 Å². The van der Waals surface area contributed by atoms with Crippen LogP contribution in [0.3, 0.4) is 0 Å². The summed E-state index contributed by atoms with van der Waals surface area (Å²) in [5, 5.41) is 9.08. The summed E-state index contributed by atoms with van der Waals surface area (Å²) >= 11 is 0. The van der Waals surface area contributed by atoms with Gasteiger partial charge in [-0.25, -0.2) is 9.78 Å². The van der Waals surface area contributed by atoms with E-state index in [1.54, 1.807) is 12.1 Å². The molecule has 2 rings (SSSR count). The van der Waals surface area contributed by atoms with Crippen molar-refractivity contribution in [3.8, 4) is 0 Å². The lowest BCUT2D eigenvalue weighted by molar-refractivity contribution is 0.0698. The fourth-order valence-corrected chi connectivity index (χ4v) is 1.98. The van der Waals surface area contributed by atoms with E-state index in [0.717, 1.165) is 19.3 Å². The van der Waals surface area contributed by atoms with E-state index in [0.29, 0.717) is 17.0 Å². The van der Waals surface area contributed by atoms with Crippen molar-refractivity contribution < 1.29 is 14.3 Å². The van der Waals surface area contributed by atoms with Crippen molar-refractivity contribution in [3.05, 3.63) is 29.7 Å². The Morgan fingerprint density at radius 1 is 1.50 bits per heavy atom. The number of fused-ring (bicyclic) bond motifs is 1. The minimum absolute atomic E-state index is 0.175. The Morgan fingerprint density at radius 3 is 2.94 bits per heavy atom. The van der Waals surface area contributed by atoms with Crippen molar-refractivity contribution in [2.24, 2.45) is 0 Å². The third-order valence-corrected chi connectivity index (χ3v) is 3.07. The molecule has 0 aliphatic rings. The van der Waals surface area contributed by atoms with Crippen LogP contribution >= 0.6 is 0 Å². The van der Waals surface area contributed by atoms with Gasteiger partial charge in [-0.05, 0) is 18.6 Å². The number of para-hydroxylation sites is 1. The van der Waals surface area contributed by atoms with Crippen LogP contribution in [0.5, 0.6) is 0 Å². The molecule has 1 aromatic heterocycles. The summed E-state index contributed by atoms with van der Waals surface area (Å²) in [6, 6.07) is 5.01. The molecule has 0 saturated carbocycles. The number of carboxylic acids is 1. The normalized spacial score (nSPS) is 12.8. The van der Waals surface area contributed by atoms with Gasteiger partial charge >= 0.3 is 5.97 Å². The number of hydrogen-bond donors (Lipinski definition) is 1.